The second-order valence-electron chi connectivity index (χ2n) is 6.48. The fraction of sp³-hybridized carbons (Fsp3) is 0.263. The smallest absolute Gasteiger partial charge is 0.435 e. The number of nitrogen functional groups attached to an aromatic ring is 1. The molecule has 1 heterocycles. The van der Waals surface area contributed by atoms with Crippen LogP contribution in [0, 0.1) is 0 Å². The molecule has 1 unspecified atom stereocenters. The second-order valence-corrected chi connectivity index (χ2v) is 7.36. The highest BCUT2D eigenvalue weighted by Crippen LogP contribution is 2.49. The Morgan fingerprint density at radius 1 is 1.24 bits per heavy atom. The normalized spacial score (nSPS) is 18.9. The molecule has 10 heteroatoms. The molecule has 0 spiro atoms. The average Bonchev–Trinajstić information content (AvgIpc) is 3.07. The van der Waals surface area contributed by atoms with E-state index in [2.05, 4.69) is 5.16 Å². The molecule has 154 valence electrons. The van der Waals surface area contributed by atoms with Gasteiger partial charge in [0.2, 0.25) is 0 Å². The van der Waals surface area contributed by atoms with Crippen LogP contribution in [0.15, 0.2) is 41.6 Å². The molecule has 0 amide bonds. The first-order chi connectivity index (χ1) is 13.5. The Kier molecular flexibility index (Phi) is 5.69. The number of rotatable bonds is 4. The zero-order valence-electron chi connectivity index (χ0n) is 15.0. The van der Waals surface area contributed by atoms with Gasteiger partial charge in [-0.2, -0.15) is 13.2 Å². The zero-order valence-corrected chi connectivity index (χ0v) is 16.5. The lowest BCUT2D eigenvalue weighted by Crippen LogP contribution is -2.42. The maximum Gasteiger partial charge on any atom is 0.435 e. The second kappa shape index (κ2) is 7.76. The summed E-state index contributed by atoms with van der Waals surface area (Å²) in [5.41, 5.74) is 4.06. The van der Waals surface area contributed by atoms with Gasteiger partial charge < -0.3 is 15.3 Å². The van der Waals surface area contributed by atoms with Crippen molar-refractivity contribution in [2.75, 3.05) is 5.73 Å². The van der Waals surface area contributed by atoms with E-state index in [0.29, 0.717) is 16.8 Å². The molecule has 0 bridgehead atoms. The van der Waals surface area contributed by atoms with Crippen LogP contribution >= 0.6 is 23.2 Å². The lowest BCUT2D eigenvalue weighted by Gasteiger charge is -2.29. The molecule has 2 aromatic rings. The van der Waals surface area contributed by atoms with Crippen molar-refractivity contribution in [3.05, 3.63) is 63.1 Å². The average molecular weight is 447 g/mol. The number of alkyl halides is 3. The number of hydrogen-bond acceptors (Lipinski definition) is 5. The summed E-state index contributed by atoms with van der Waals surface area (Å²) in [6.45, 7) is 1.13. The van der Waals surface area contributed by atoms with Crippen molar-refractivity contribution in [2.24, 2.45) is 5.16 Å². The molecule has 1 atom stereocenters. The number of carbonyl (C=O) groups is 1. The van der Waals surface area contributed by atoms with Crippen LogP contribution in [0.4, 0.5) is 18.9 Å². The van der Waals surface area contributed by atoms with Crippen LogP contribution < -0.4 is 5.73 Å². The van der Waals surface area contributed by atoms with E-state index in [9.17, 15) is 18.0 Å². The molecule has 0 radical (unpaired) electrons. The minimum absolute atomic E-state index is 0.0457. The van der Waals surface area contributed by atoms with E-state index in [1.54, 1.807) is 0 Å². The van der Waals surface area contributed by atoms with E-state index < -0.39 is 24.2 Å². The lowest BCUT2D eigenvalue weighted by atomic mass is 9.86. The quantitative estimate of drug-likeness (QED) is 0.515. The van der Waals surface area contributed by atoms with Gasteiger partial charge in [-0.05, 0) is 30.3 Å². The first kappa shape index (κ1) is 21.3. The number of oxime groups is 1. The molecule has 0 saturated heterocycles. The van der Waals surface area contributed by atoms with Crippen LogP contribution in [0.1, 0.15) is 30.0 Å². The number of nitrogens with two attached hydrogens (primary N) is 1. The van der Waals surface area contributed by atoms with Gasteiger partial charge in [-0.1, -0.05) is 34.4 Å². The van der Waals surface area contributed by atoms with Crippen molar-refractivity contribution in [1.29, 1.82) is 0 Å². The van der Waals surface area contributed by atoms with E-state index in [4.69, 9.17) is 38.5 Å². The molecule has 0 aromatic heterocycles. The third kappa shape index (κ3) is 4.28. The third-order valence-corrected chi connectivity index (χ3v) is 4.86. The first-order valence-corrected chi connectivity index (χ1v) is 9.08. The third-order valence-electron chi connectivity index (χ3n) is 4.42. The van der Waals surface area contributed by atoms with Crippen LogP contribution in [-0.4, -0.2) is 17.9 Å². The highest BCUT2D eigenvalue weighted by molar-refractivity contribution is 6.34. The Hall–Kier alpha value is -2.45. The molecule has 2 aromatic carbocycles. The molecular formula is C19H15Cl2F3N2O3. The summed E-state index contributed by atoms with van der Waals surface area (Å²) in [5.74, 6) is -0.509. The van der Waals surface area contributed by atoms with Gasteiger partial charge in [-0.3, -0.25) is 4.79 Å². The van der Waals surface area contributed by atoms with Crippen molar-refractivity contribution in [3.8, 4) is 0 Å². The fourth-order valence-corrected chi connectivity index (χ4v) is 3.46. The van der Waals surface area contributed by atoms with E-state index in [1.165, 1.54) is 31.2 Å². The fourth-order valence-electron chi connectivity index (χ4n) is 2.94. The van der Waals surface area contributed by atoms with E-state index in [-0.39, 0.29) is 27.9 Å². The Labute approximate surface area is 174 Å². The van der Waals surface area contributed by atoms with Gasteiger partial charge in [0.15, 0.2) is 0 Å². The minimum atomic E-state index is -4.79. The summed E-state index contributed by atoms with van der Waals surface area (Å²) in [6.07, 6.45) is -5.38. The van der Waals surface area contributed by atoms with Crippen molar-refractivity contribution >= 4 is 40.6 Å². The van der Waals surface area contributed by atoms with Crippen molar-refractivity contribution < 1.29 is 27.5 Å². The number of esters is 1. The van der Waals surface area contributed by atoms with E-state index in [1.807, 2.05) is 0 Å². The summed E-state index contributed by atoms with van der Waals surface area (Å²) in [4.78, 5) is 16.0. The number of nitrogens with zero attached hydrogens (tertiary/aromatic N) is 1. The van der Waals surface area contributed by atoms with Crippen LogP contribution in [0.5, 0.6) is 0 Å². The van der Waals surface area contributed by atoms with Gasteiger partial charge in [0.05, 0.1) is 5.71 Å². The maximum atomic E-state index is 14.0. The Balaban J connectivity index is 1.97. The molecule has 2 N–H and O–H groups in total. The van der Waals surface area contributed by atoms with Gasteiger partial charge in [0, 0.05) is 45.8 Å². The molecule has 1 aliphatic heterocycles. The van der Waals surface area contributed by atoms with E-state index in [0.717, 1.165) is 12.1 Å². The van der Waals surface area contributed by atoms with Crippen molar-refractivity contribution in [3.63, 3.8) is 0 Å². The number of hydrogen-bond donors (Lipinski definition) is 1. The van der Waals surface area contributed by atoms with E-state index >= 15 is 0 Å². The van der Waals surface area contributed by atoms with Crippen LogP contribution in [0.3, 0.4) is 0 Å². The van der Waals surface area contributed by atoms with Crippen LogP contribution in [-0.2, 0) is 26.6 Å². The Morgan fingerprint density at radius 3 is 2.48 bits per heavy atom. The van der Waals surface area contributed by atoms with Crippen LogP contribution in [0.25, 0.3) is 0 Å². The number of halogens is 5. The van der Waals surface area contributed by atoms with Crippen molar-refractivity contribution in [2.45, 2.75) is 31.7 Å². The molecular weight excluding hydrogens is 432 g/mol. The molecule has 29 heavy (non-hydrogen) atoms. The molecule has 5 nitrogen and oxygen atoms in total. The monoisotopic (exact) mass is 446 g/mol. The molecule has 1 aliphatic rings. The highest BCUT2D eigenvalue weighted by Gasteiger charge is 2.62. The van der Waals surface area contributed by atoms with Gasteiger partial charge in [0.1, 0.15) is 6.61 Å². The molecule has 0 aliphatic carbocycles. The topological polar surface area (TPSA) is 73.9 Å². The summed E-state index contributed by atoms with van der Waals surface area (Å²) in [6, 6.07) is 8.16. The Morgan fingerprint density at radius 2 is 1.90 bits per heavy atom. The summed E-state index contributed by atoms with van der Waals surface area (Å²) >= 11 is 11.8. The Bertz CT molecular complexity index is 975. The van der Waals surface area contributed by atoms with Gasteiger partial charge in [-0.15, -0.1) is 0 Å². The summed E-state index contributed by atoms with van der Waals surface area (Å²) in [7, 11) is 0. The van der Waals surface area contributed by atoms with Gasteiger partial charge in [0.25, 0.3) is 5.60 Å². The van der Waals surface area contributed by atoms with Crippen LogP contribution in [0.2, 0.25) is 10.0 Å². The molecule has 0 saturated carbocycles. The number of ether oxygens (including phenoxy) is 1. The van der Waals surface area contributed by atoms with Gasteiger partial charge >= 0.3 is 12.1 Å². The number of benzene rings is 2. The lowest BCUT2D eigenvalue weighted by molar-refractivity contribution is -0.275. The van der Waals surface area contributed by atoms with Gasteiger partial charge in [-0.25, -0.2) is 0 Å². The maximum absolute atomic E-state index is 14.0. The zero-order chi connectivity index (χ0) is 21.4. The predicted molar refractivity (Wildman–Crippen MR) is 103 cm³/mol. The summed E-state index contributed by atoms with van der Waals surface area (Å²) in [5, 5.41) is 3.78. The van der Waals surface area contributed by atoms with Crippen molar-refractivity contribution in [1.82, 2.24) is 0 Å². The summed E-state index contributed by atoms with van der Waals surface area (Å²) < 4.78 is 47.1. The molecule has 3 rings (SSSR count). The number of anilines is 1. The highest BCUT2D eigenvalue weighted by atomic mass is 35.5. The molecule has 0 fully saturated rings. The minimum Gasteiger partial charge on any atom is -0.461 e. The predicted octanol–water partition coefficient (Wildman–Crippen LogP) is 5.22. The largest absolute Gasteiger partial charge is 0.461 e. The standard InChI is InChI=1S/C19H15Cl2F3N2O3/c1-10(27)28-9-12-4-11(2-3-16(12)25)17-8-18(29-26-17,19(22,23)24)13-5-14(20)7-15(21)6-13/h2-7H,8-9,25H2,1H3. The first-order valence-electron chi connectivity index (χ1n) is 8.32. The SMILES string of the molecule is CC(=O)OCc1cc(C2=NOC(c3cc(Cl)cc(Cl)c3)(C(F)(F)F)C2)ccc1N. The number of carbonyl (C=O) groups excluding carboxylic acids is 1.